The molecule has 4 nitrogen and oxygen atoms in total. The Balaban J connectivity index is 1.86. The predicted molar refractivity (Wildman–Crippen MR) is 89.4 cm³/mol. The van der Waals surface area contributed by atoms with Gasteiger partial charge in [0.2, 0.25) is 0 Å². The topological polar surface area (TPSA) is 48.7 Å². The molecule has 0 amide bonds. The minimum absolute atomic E-state index is 0.0328. The molecule has 0 radical (unpaired) electrons. The zero-order valence-corrected chi connectivity index (χ0v) is 13.2. The normalized spacial score (nSPS) is 10.7. The maximum absolute atomic E-state index is 12.2. The van der Waals surface area contributed by atoms with E-state index in [1.165, 1.54) is 0 Å². The summed E-state index contributed by atoms with van der Waals surface area (Å²) in [6, 6.07) is 14.7. The number of rotatable bonds is 5. The molecule has 0 atom stereocenters. The Morgan fingerprint density at radius 3 is 2.48 bits per heavy atom. The Kier molecular flexibility index (Phi) is 4.33. The molecule has 4 heteroatoms. The van der Waals surface area contributed by atoms with Gasteiger partial charge in [-0.15, -0.1) is 0 Å². The molecule has 0 spiro atoms. The highest BCUT2D eigenvalue weighted by atomic mass is 16.5. The third kappa shape index (κ3) is 3.37. The summed E-state index contributed by atoms with van der Waals surface area (Å²) in [4.78, 5) is 12.2. The molecule has 0 aliphatic carbocycles. The average Bonchev–Trinajstić information content (AvgIpc) is 2.59. The van der Waals surface area contributed by atoms with Gasteiger partial charge in [0.1, 0.15) is 22.8 Å². The van der Waals surface area contributed by atoms with E-state index in [2.05, 4.69) is 0 Å². The molecule has 3 rings (SSSR count). The Hall–Kier alpha value is -2.75. The quantitative estimate of drug-likeness (QED) is 0.722. The predicted octanol–water partition coefficient (Wildman–Crippen LogP) is 3.60. The van der Waals surface area contributed by atoms with E-state index in [-0.39, 0.29) is 5.43 Å². The SMILES string of the molecule is COc1cccc(CCc2cc(=O)c3ccc(OC)cc3o2)c1. The van der Waals surface area contributed by atoms with Gasteiger partial charge in [-0.1, -0.05) is 12.1 Å². The van der Waals surface area contributed by atoms with Gasteiger partial charge in [0.15, 0.2) is 5.43 Å². The Morgan fingerprint density at radius 1 is 0.913 bits per heavy atom. The molecule has 2 aromatic carbocycles. The third-order valence-electron chi connectivity index (χ3n) is 3.78. The minimum Gasteiger partial charge on any atom is -0.497 e. The molecule has 1 heterocycles. The number of benzene rings is 2. The smallest absolute Gasteiger partial charge is 0.192 e. The lowest BCUT2D eigenvalue weighted by Crippen LogP contribution is -2.03. The van der Waals surface area contributed by atoms with Crippen LogP contribution in [0.2, 0.25) is 0 Å². The summed E-state index contributed by atoms with van der Waals surface area (Å²) >= 11 is 0. The first-order valence-electron chi connectivity index (χ1n) is 7.43. The van der Waals surface area contributed by atoms with Gasteiger partial charge in [-0.25, -0.2) is 0 Å². The summed E-state index contributed by atoms with van der Waals surface area (Å²) in [6.45, 7) is 0. The lowest BCUT2D eigenvalue weighted by Gasteiger charge is -2.06. The molecule has 1 aromatic heterocycles. The molecule has 0 aliphatic heterocycles. The highest BCUT2D eigenvalue weighted by Gasteiger charge is 2.07. The fraction of sp³-hybridized carbons (Fsp3) is 0.211. The van der Waals surface area contributed by atoms with Crippen LogP contribution in [0.5, 0.6) is 11.5 Å². The van der Waals surface area contributed by atoms with Crippen LogP contribution in [0.4, 0.5) is 0 Å². The fourth-order valence-corrected chi connectivity index (χ4v) is 2.53. The number of methoxy groups -OCH3 is 2. The molecule has 23 heavy (non-hydrogen) atoms. The van der Waals surface area contributed by atoms with E-state index in [1.807, 2.05) is 24.3 Å². The van der Waals surface area contributed by atoms with Crippen LogP contribution < -0.4 is 14.9 Å². The summed E-state index contributed by atoms with van der Waals surface area (Å²) in [5.74, 6) is 2.16. The van der Waals surface area contributed by atoms with Gasteiger partial charge in [-0.2, -0.15) is 0 Å². The molecule has 0 aliphatic rings. The number of hydrogen-bond acceptors (Lipinski definition) is 4. The van der Waals surface area contributed by atoms with E-state index in [1.54, 1.807) is 38.5 Å². The lowest BCUT2D eigenvalue weighted by atomic mass is 10.1. The lowest BCUT2D eigenvalue weighted by molar-refractivity contribution is 0.413. The van der Waals surface area contributed by atoms with Crippen LogP contribution in [0.3, 0.4) is 0 Å². The summed E-state index contributed by atoms with van der Waals surface area (Å²) in [5.41, 5.74) is 1.66. The summed E-state index contributed by atoms with van der Waals surface area (Å²) in [7, 11) is 3.24. The van der Waals surface area contributed by atoms with Gasteiger partial charge in [0, 0.05) is 18.6 Å². The fourth-order valence-electron chi connectivity index (χ4n) is 2.53. The van der Waals surface area contributed by atoms with Crippen molar-refractivity contribution in [1.82, 2.24) is 0 Å². The zero-order valence-electron chi connectivity index (χ0n) is 13.2. The summed E-state index contributed by atoms with van der Waals surface area (Å²) in [5, 5.41) is 0.566. The van der Waals surface area contributed by atoms with Crippen molar-refractivity contribution in [3.8, 4) is 11.5 Å². The maximum atomic E-state index is 12.2. The van der Waals surface area contributed by atoms with Gasteiger partial charge in [0.25, 0.3) is 0 Å². The van der Waals surface area contributed by atoms with Crippen LogP contribution in [0.15, 0.2) is 57.7 Å². The van der Waals surface area contributed by atoms with Crippen molar-refractivity contribution in [2.45, 2.75) is 12.8 Å². The van der Waals surface area contributed by atoms with Gasteiger partial charge in [-0.05, 0) is 36.2 Å². The van der Waals surface area contributed by atoms with Gasteiger partial charge >= 0.3 is 0 Å². The molecular weight excluding hydrogens is 292 g/mol. The first-order valence-corrected chi connectivity index (χ1v) is 7.43. The van der Waals surface area contributed by atoms with Crippen LogP contribution >= 0.6 is 0 Å². The molecule has 0 saturated heterocycles. The first kappa shape index (κ1) is 15.2. The first-order chi connectivity index (χ1) is 11.2. The minimum atomic E-state index is -0.0328. The zero-order chi connectivity index (χ0) is 16.2. The van der Waals surface area contributed by atoms with Gasteiger partial charge in [-0.3, -0.25) is 4.79 Å². The van der Waals surface area contributed by atoms with E-state index < -0.39 is 0 Å². The van der Waals surface area contributed by atoms with Crippen molar-refractivity contribution in [2.75, 3.05) is 14.2 Å². The number of ether oxygens (including phenoxy) is 2. The van der Waals surface area contributed by atoms with E-state index in [9.17, 15) is 4.79 Å². The second kappa shape index (κ2) is 6.57. The average molecular weight is 310 g/mol. The largest absolute Gasteiger partial charge is 0.497 e. The second-order valence-electron chi connectivity index (χ2n) is 5.29. The molecule has 118 valence electrons. The van der Waals surface area contributed by atoms with Crippen molar-refractivity contribution in [2.24, 2.45) is 0 Å². The van der Waals surface area contributed by atoms with Crippen molar-refractivity contribution < 1.29 is 13.9 Å². The van der Waals surface area contributed by atoms with Gasteiger partial charge < -0.3 is 13.9 Å². The highest BCUT2D eigenvalue weighted by Crippen LogP contribution is 2.20. The Morgan fingerprint density at radius 2 is 1.70 bits per heavy atom. The highest BCUT2D eigenvalue weighted by molar-refractivity contribution is 5.77. The van der Waals surface area contributed by atoms with Gasteiger partial charge in [0.05, 0.1) is 19.6 Å². The van der Waals surface area contributed by atoms with Crippen molar-refractivity contribution in [3.05, 3.63) is 70.1 Å². The number of hydrogen-bond donors (Lipinski definition) is 0. The van der Waals surface area contributed by atoms with Crippen molar-refractivity contribution >= 4 is 11.0 Å². The third-order valence-corrected chi connectivity index (χ3v) is 3.78. The Labute approximate surface area is 134 Å². The monoisotopic (exact) mass is 310 g/mol. The van der Waals surface area contributed by atoms with Crippen LogP contribution in [-0.2, 0) is 12.8 Å². The van der Waals surface area contributed by atoms with Crippen molar-refractivity contribution in [1.29, 1.82) is 0 Å². The molecule has 0 N–H and O–H groups in total. The summed E-state index contributed by atoms with van der Waals surface area (Å²) in [6.07, 6.45) is 1.42. The Bertz CT molecular complexity index is 880. The molecular formula is C19H18O4. The van der Waals surface area contributed by atoms with E-state index in [0.717, 1.165) is 17.7 Å². The number of fused-ring (bicyclic) bond motifs is 1. The number of aryl methyl sites for hydroxylation is 2. The molecule has 0 bridgehead atoms. The van der Waals surface area contributed by atoms with E-state index in [0.29, 0.717) is 28.9 Å². The standard InChI is InChI=1S/C19H18O4/c1-21-14-5-3-4-13(10-14)6-7-16-11-18(20)17-9-8-15(22-2)12-19(17)23-16/h3-5,8-12H,6-7H2,1-2H3. The molecule has 0 fully saturated rings. The van der Waals surface area contributed by atoms with Crippen molar-refractivity contribution in [3.63, 3.8) is 0 Å². The van der Waals surface area contributed by atoms with Crippen LogP contribution in [0.1, 0.15) is 11.3 Å². The summed E-state index contributed by atoms with van der Waals surface area (Å²) < 4.78 is 16.3. The van der Waals surface area contributed by atoms with E-state index in [4.69, 9.17) is 13.9 Å². The van der Waals surface area contributed by atoms with Crippen LogP contribution in [-0.4, -0.2) is 14.2 Å². The molecule has 0 unspecified atom stereocenters. The molecule has 0 saturated carbocycles. The maximum Gasteiger partial charge on any atom is 0.192 e. The van der Waals surface area contributed by atoms with E-state index >= 15 is 0 Å². The van der Waals surface area contributed by atoms with Crippen LogP contribution in [0, 0.1) is 0 Å². The van der Waals surface area contributed by atoms with Crippen LogP contribution in [0.25, 0.3) is 11.0 Å². The second-order valence-corrected chi connectivity index (χ2v) is 5.29. The molecule has 3 aromatic rings.